The maximum atomic E-state index is 11.3. The van der Waals surface area contributed by atoms with E-state index in [2.05, 4.69) is 15.0 Å². The van der Waals surface area contributed by atoms with Crippen molar-refractivity contribution < 1.29 is 19.4 Å². The fourth-order valence-corrected chi connectivity index (χ4v) is 2.36. The molecule has 0 aromatic carbocycles. The Morgan fingerprint density at radius 3 is 2.82 bits per heavy atom. The largest absolute Gasteiger partial charge is 0.477 e. The summed E-state index contributed by atoms with van der Waals surface area (Å²) in [5.41, 5.74) is 0.593. The number of rotatable bonds is 5. The molecular formula is C10H12N2O4S. The number of carbonyl (C=O) groups is 2. The molecule has 1 aliphatic carbocycles. The lowest BCUT2D eigenvalue weighted by Gasteiger charge is -1.98. The zero-order valence-electron chi connectivity index (χ0n) is 9.23. The van der Waals surface area contributed by atoms with Crippen LogP contribution in [0.4, 0.5) is 5.13 Å². The van der Waals surface area contributed by atoms with E-state index in [4.69, 9.17) is 5.11 Å². The monoisotopic (exact) mass is 256 g/mol. The third kappa shape index (κ3) is 2.80. The smallest absolute Gasteiger partial charge is 0.347 e. The van der Waals surface area contributed by atoms with Gasteiger partial charge in [-0.2, -0.15) is 0 Å². The number of hydrogen-bond donors (Lipinski definition) is 2. The normalized spacial score (nSPS) is 14.6. The molecule has 1 saturated carbocycles. The van der Waals surface area contributed by atoms with Crippen molar-refractivity contribution in [1.29, 1.82) is 0 Å². The molecule has 0 spiro atoms. The standard InChI is InChI=1S/C10H12N2O4S/c1-16-4-6(13)11-10-12-7(5-2-3-5)8(17-10)9(14)15/h5H,2-4H2,1H3,(H,14,15)(H,11,12,13). The van der Waals surface area contributed by atoms with Crippen molar-refractivity contribution in [3.8, 4) is 0 Å². The van der Waals surface area contributed by atoms with Gasteiger partial charge in [-0.05, 0) is 12.8 Å². The number of carboxylic acid groups (broad SMARTS) is 1. The molecule has 0 unspecified atom stereocenters. The van der Waals surface area contributed by atoms with Crippen LogP contribution < -0.4 is 5.32 Å². The summed E-state index contributed by atoms with van der Waals surface area (Å²) in [5, 5.41) is 11.9. The summed E-state index contributed by atoms with van der Waals surface area (Å²) < 4.78 is 4.67. The Balaban J connectivity index is 2.15. The second-order valence-electron chi connectivity index (χ2n) is 3.79. The third-order valence-corrected chi connectivity index (χ3v) is 3.31. The molecule has 92 valence electrons. The van der Waals surface area contributed by atoms with Gasteiger partial charge in [0.05, 0.1) is 5.69 Å². The van der Waals surface area contributed by atoms with Crippen LogP contribution in [-0.4, -0.2) is 35.7 Å². The number of thiazole rings is 1. The van der Waals surface area contributed by atoms with Gasteiger partial charge < -0.3 is 9.84 Å². The van der Waals surface area contributed by atoms with Crippen LogP contribution in [-0.2, 0) is 9.53 Å². The predicted octanol–water partition coefficient (Wildman–Crippen LogP) is 1.30. The second kappa shape index (κ2) is 4.80. The molecule has 0 aliphatic heterocycles. The van der Waals surface area contributed by atoms with Crippen LogP contribution >= 0.6 is 11.3 Å². The molecule has 2 N–H and O–H groups in total. The van der Waals surface area contributed by atoms with E-state index in [0.29, 0.717) is 10.8 Å². The summed E-state index contributed by atoms with van der Waals surface area (Å²) >= 11 is 0.992. The molecule has 0 bridgehead atoms. The molecule has 6 nitrogen and oxygen atoms in total. The maximum absolute atomic E-state index is 11.3. The van der Waals surface area contributed by atoms with Crippen molar-refractivity contribution in [2.45, 2.75) is 18.8 Å². The SMILES string of the molecule is COCC(=O)Nc1nc(C2CC2)c(C(=O)O)s1. The van der Waals surface area contributed by atoms with Crippen molar-refractivity contribution in [2.75, 3.05) is 19.0 Å². The van der Waals surface area contributed by atoms with Gasteiger partial charge in [0.25, 0.3) is 5.91 Å². The molecule has 0 radical (unpaired) electrons. The molecule has 0 saturated heterocycles. The van der Waals surface area contributed by atoms with Crippen molar-refractivity contribution in [1.82, 2.24) is 4.98 Å². The van der Waals surface area contributed by atoms with Gasteiger partial charge in [-0.15, -0.1) is 0 Å². The van der Waals surface area contributed by atoms with E-state index in [-0.39, 0.29) is 23.3 Å². The highest BCUT2D eigenvalue weighted by atomic mass is 32.1. The lowest BCUT2D eigenvalue weighted by atomic mass is 10.2. The van der Waals surface area contributed by atoms with Crippen molar-refractivity contribution in [3.05, 3.63) is 10.6 Å². The third-order valence-electron chi connectivity index (χ3n) is 2.33. The fourth-order valence-electron chi connectivity index (χ4n) is 1.46. The Morgan fingerprint density at radius 2 is 2.29 bits per heavy atom. The van der Waals surface area contributed by atoms with Gasteiger partial charge in [0.1, 0.15) is 11.5 Å². The second-order valence-corrected chi connectivity index (χ2v) is 4.79. The number of nitrogens with one attached hydrogen (secondary N) is 1. The molecule has 1 aromatic heterocycles. The Labute approximate surface area is 102 Å². The summed E-state index contributed by atoms with van der Waals surface area (Å²) in [4.78, 5) is 26.7. The molecule has 2 rings (SSSR count). The molecule has 1 aromatic rings. The fraction of sp³-hybridized carbons (Fsp3) is 0.500. The van der Waals surface area contributed by atoms with E-state index >= 15 is 0 Å². The van der Waals surface area contributed by atoms with Crippen LogP contribution in [0, 0.1) is 0 Å². The highest BCUT2D eigenvalue weighted by Gasteiger charge is 2.32. The summed E-state index contributed by atoms with van der Waals surface area (Å²) in [6, 6.07) is 0. The number of hydrogen-bond acceptors (Lipinski definition) is 5. The molecule has 1 heterocycles. The van der Waals surface area contributed by atoms with Crippen LogP contribution in [0.15, 0.2) is 0 Å². The molecule has 1 aliphatic rings. The van der Waals surface area contributed by atoms with E-state index in [1.165, 1.54) is 7.11 Å². The van der Waals surface area contributed by atoms with Gasteiger partial charge >= 0.3 is 5.97 Å². The minimum absolute atomic E-state index is 0.0687. The lowest BCUT2D eigenvalue weighted by molar-refractivity contribution is -0.119. The van der Waals surface area contributed by atoms with E-state index in [9.17, 15) is 9.59 Å². The molecule has 17 heavy (non-hydrogen) atoms. The minimum Gasteiger partial charge on any atom is -0.477 e. The summed E-state index contributed by atoms with van der Waals surface area (Å²) in [6.45, 7) is -0.0687. The Hall–Kier alpha value is -1.47. The van der Waals surface area contributed by atoms with Gasteiger partial charge in [0, 0.05) is 13.0 Å². The van der Waals surface area contributed by atoms with Crippen LogP contribution in [0.2, 0.25) is 0 Å². The van der Waals surface area contributed by atoms with Crippen molar-refractivity contribution in [2.24, 2.45) is 0 Å². The number of aromatic carboxylic acids is 1. The van der Waals surface area contributed by atoms with E-state index in [1.54, 1.807) is 0 Å². The highest BCUT2D eigenvalue weighted by molar-refractivity contribution is 7.17. The van der Waals surface area contributed by atoms with Gasteiger partial charge in [0.15, 0.2) is 5.13 Å². The number of methoxy groups -OCH3 is 1. The Morgan fingerprint density at radius 1 is 1.59 bits per heavy atom. The van der Waals surface area contributed by atoms with Gasteiger partial charge in [-0.1, -0.05) is 11.3 Å². The van der Waals surface area contributed by atoms with Gasteiger partial charge in [-0.3, -0.25) is 10.1 Å². The number of carboxylic acids is 1. The quantitative estimate of drug-likeness (QED) is 0.829. The van der Waals surface area contributed by atoms with Gasteiger partial charge in [0.2, 0.25) is 0 Å². The molecular weight excluding hydrogens is 244 g/mol. The molecule has 0 atom stereocenters. The topological polar surface area (TPSA) is 88.5 Å². The summed E-state index contributed by atoms with van der Waals surface area (Å²) in [6.07, 6.45) is 1.94. The zero-order valence-corrected chi connectivity index (χ0v) is 10.0. The summed E-state index contributed by atoms with van der Waals surface area (Å²) in [7, 11) is 1.42. The van der Waals surface area contributed by atoms with Crippen LogP contribution in [0.1, 0.15) is 34.1 Å². The Kier molecular flexibility index (Phi) is 3.39. The number of ether oxygens (including phenoxy) is 1. The van der Waals surface area contributed by atoms with E-state index in [0.717, 1.165) is 24.2 Å². The van der Waals surface area contributed by atoms with Crippen LogP contribution in [0.3, 0.4) is 0 Å². The summed E-state index contributed by atoms with van der Waals surface area (Å²) in [5.74, 6) is -1.08. The van der Waals surface area contributed by atoms with E-state index in [1.807, 2.05) is 0 Å². The van der Waals surface area contributed by atoms with Crippen LogP contribution in [0.25, 0.3) is 0 Å². The lowest BCUT2D eigenvalue weighted by Crippen LogP contribution is -2.16. The van der Waals surface area contributed by atoms with Crippen molar-refractivity contribution in [3.63, 3.8) is 0 Å². The number of aromatic nitrogens is 1. The average molecular weight is 256 g/mol. The first-order chi connectivity index (χ1) is 8.11. The maximum Gasteiger partial charge on any atom is 0.347 e. The van der Waals surface area contributed by atoms with Crippen LogP contribution in [0.5, 0.6) is 0 Å². The highest BCUT2D eigenvalue weighted by Crippen LogP contribution is 2.43. The molecule has 1 amide bonds. The zero-order chi connectivity index (χ0) is 12.4. The molecule has 1 fully saturated rings. The number of amides is 1. The minimum atomic E-state index is -0.989. The predicted molar refractivity (Wildman–Crippen MR) is 61.6 cm³/mol. The van der Waals surface area contributed by atoms with Gasteiger partial charge in [-0.25, -0.2) is 9.78 Å². The number of anilines is 1. The number of carbonyl (C=O) groups excluding carboxylic acids is 1. The first-order valence-electron chi connectivity index (χ1n) is 5.14. The first kappa shape index (κ1) is 12.0. The number of nitrogens with zero attached hydrogens (tertiary/aromatic N) is 1. The Bertz CT molecular complexity index is 453. The van der Waals surface area contributed by atoms with Crippen molar-refractivity contribution >= 4 is 28.3 Å². The molecule has 7 heteroatoms. The first-order valence-corrected chi connectivity index (χ1v) is 5.96. The average Bonchev–Trinajstić information content (AvgIpc) is 3.01. The van der Waals surface area contributed by atoms with E-state index < -0.39 is 5.97 Å².